The number of nitrogens with zero attached hydrogens (tertiary/aromatic N) is 2. The van der Waals surface area contributed by atoms with Gasteiger partial charge in [0.2, 0.25) is 0 Å². The van der Waals surface area contributed by atoms with Crippen LogP contribution in [-0.2, 0) is 12.4 Å². The number of aromatic nitrogens is 2. The van der Waals surface area contributed by atoms with E-state index in [9.17, 15) is 8.78 Å². The maximum atomic E-state index is 12.4. The summed E-state index contributed by atoms with van der Waals surface area (Å²) in [6.07, 6.45) is -2.44. The Labute approximate surface area is 101 Å². The maximum absolute atomic E-state index is 12.4. The summed E-state index contributed by atoms with van der Waals surface area (Å²) in [7, 11) is 0. The number of benzene rings is 1. The summed E-state index contributed by atoms with van der Waals surface area (Å²) in [6, 6.07) is 4.95. The highest BCUT2D eigenvalue weighted by molar-refractivity contribution is 6.31. The summed E-state index contributed by atoms with van der Waals surface area (Å²) in [5, 5.41) is 0.523. The Balaban J connectivity index is 2.59. The maximum Gasteiger partial charge on any atom is 0.256 e. The molecule has 0 radical (unpaired) electrons. The van der Waals surface area contributed by atoms with E-state index in [0.717, 1.165) is 0 Å². The number of hydrogen-bond acceptors (Lipinski definition) is 1. The van der Waals surface area contributed by atoms with Crippen molar-refractivity contribution in [2.75, 3.05) is 0 Å². The fraction of sp³-hybridized carbons (Fsp3) is 0.300. The van der Waals surface area contributed by atoms with Crippen LogP contribution in [0.4, 0.5) is 8.78 Å². The molecule has 0 spiro atoms. The van der Waals surface area contributed by atoms with Crippen LogP contribution in [0.2, 0.25) is 5.02 Å². The molecule has 0 aliphatic rings. The summed E-state index contributed by atoms with van der Waals surface area (Å²) in [4.78, 5) is 4.16. The van der Waals surface area contributed by atoms with Crippen LogP contribution >= 0.6 is 23.2 Å². The Kier molecular flexibility index (Phi) is 3.30. The minimum absolute atomic E-state index is 0.0962. The predicted molar refractivity (Wildman–Crippen MR) is 60.3 cm³/mol. The molecule has 2 aromatic rings. The van der Waals surface area contributed by atoms with Crippen molar-refractivity contribution in [3.8, 4) is 0 Å². The third-order valence-electron chi connectivity index (χ3n) is 2.23. The topological polar surface area (TPSA) is 17.8 Å². The molecule has 0 unspecified atom stereocenters. The molecule has 2 rings (SSSR count). The van der Waals surface area contributed by atoms with Crippen LogP contribution in [0.15, 0.2) is 18.2 Å². The molecule has 1 aromatic heterocycles. The zero-order chi connectivity index (χ0) is 11.7. The van der Waals surface area contributed by atoms with Gasteiger partial charge in [-0.05, 0) is 18.2 Å². The van der Waals surface area contributed by atoms with Gasteiger partial charge in [-0.2, -0.15) is 0 Å². The SMILES string of the molecule is FC(F)Cn1c(CCl)nc2cc(Cl)ccc21. The van der Waals surface area contributed by atoms with Crippen molar-refractivity contribution < 1.29 is 8.78 Å². The summed E-state index contributed by atoms with van der Waals surface area (Å²) >= 11 is 11.5. The highest BCUT2D eigenvalue weighted by Gasteiger charge is 2.13. The minimum atomic E-state index is -2.44. The van der Waals surface area contributed by atoms with E-state index in [1.54, 1.807) is 18.2 Å². The average Bonchev–Trinajstić information content (AvgIpc) is 2.55. The lowest BCUT2D eigenvalue weighted by Gasteiger charge is -2.06. The molecule has 0 fully saturated rings. The van der Waals surface area contributed by atoms with Crippen molar-refractivity contribution in [2.45, 2.75) is 18.9 Å². The van der Waals surface area contributed by atoms with Crippen LogP contribution in [0.5, 0.6) is 0 Å². The van der Waals surface area contributed by atoms with Gasteiger partial charge in [0.25, 0.3) is 6.43 Å². The van der Waals surface area contributed by atoms with E-state index in [4.69, 9.17) is 23.2 Å². The first-order chi connectivity index (χ1) is 7.61. The van der Waals surface area contributed by atoms with Gasteiger partial charge in [-0.15, -0.1) is 11.6 Å². The largest absolute Gasteiger partial charge is 0.321 e. The highest BCUT2D eigenvalue weighted by Crippen LogP contribution is 2.22. The van der Waals surface area contributed by atoms with Crippen LogP contribution in [0, 0.1) is 0 Å². The second-order valence-electron chi connectivity index (χ2n) is 3.30. The molecule has 0 saturated carbocycles. The quantitative estimate of drug-likeness (QED) is 0.774. The molecule has 0 aliphatic carbocycles. The third kappa shape index (κ3) is 2.13. The molecular formula is C10H8Cl2F2N2. The average molecular weight is 265 g/mol. The van der Waals surface area contributed by atoms with E-state index in [-0.39, 0.29) is 5.88 Å². The molecule has 0 bridgehead atoms. The van der Waals surface area contributed by atoms with Gasteiger partial charge in [0.15, 0.2) is 0 Å². The first kappa shape index (κ1) is 11.6. The molecule has 16 heavy (non-hydrogen) atoms. The smallest absolute Gasteiger partial charge is 0.256 e. The second-order valence-corrected chi connectivity index (χ2v) is 4.00. The van der Waals surface area contributed by atoms with E-state index in [1.807, 2.05) is 0 Å². The first-order valence-electron chi connectivity index (χ1n) is 4.60. The molecule has 0 saturated heterocycles. The molecule has 0 amide bonds. The molecular weight excluding hydrogens is 257 g/mol. The number of rotatable bonds is 3. The number of halogens is 4. The van der Waals surface area contributed by atoms with Crippen LogP contribution < -0.4 is 0 Å². The van der Waals surface area contributed by atoms with Gasteiger partial charge < -0.3 is 4.57 Å². The van der Waals surface area contributed by atoms with E-state index in [1.165, 1.54) is 4.57 Å². The molecule has 0 aliphatic heterocycles. The minimum Gasteiger partial charge on any atom is -0.321 e. The summed E-state index contributed by atoms with van der Waals surface area (Å²) in [5.74, 6) is 0.526. The van der Waals surface area contributed by atoms with Gasteiger partial charge in [-0.25, -0.2) is 13.8 Å². The van der Waals surface area contributed by atoms with Gasteiger partial charge >= 0.3 is 0 Å². The zero-order valence-electron chi connectivity index (χ0n) is 8.13. The molecule has 1 aromatic carbocycles. The normalized spacial score (nSPS) is 11.6. The molecule has 2 nitrogen and oxygen atoms in total. The first-order valence-corrected chi connectivity index (χ1v) is 5.52. The van der Waals surface area contributed by atoms with Gasteiger partial charge in [0.1, 0.15) is 5.82 Å². The summed E-state index contributed by atoms with van der Waals surface area (Å²) in [6.45, 7) is -0.403. The zero-order valence-corrected chi connectivity index (χ0v) is 9.64. The summed E-state index contributed by atoms with van der Waals surface area (Å²) < 4.78 is 26.2. The monoisotopic (exact) mass is 264 g/mol. The van der Waals surface area contributed by atoms with Crippen molar-refractivity contribution in [3.63, 3.8) is 0 Å². The number of fused-ring (bicyclic) bond motifs is 1. The molecule has 1 heterocycles. The lowest BCUT2D eigenvalue weighted by molar-refractivity contribution is 0.127. The van der Waals surface area contributed by atoms with Crippen molar-refractivity contribution in [3.05, 3.63) is 29.0 Å². The van der Waals surface area contributed by atoms with E-state index in [0.29, 0.717) is 21.9 Å². The van der Waals surface area contributed by atoms with Gasteiger partial charge in [-0.1, -0.05) is 11.6 Å². The summed E-state index contributed by atoms with van der Waals surface area (Å²) in [5.41, 5.74) is 1.21. The number of alkyl halides is 3. The van der Waals surface area contributed by atoms with Crippen molar-refractivity contribution in [1.29, 1.82) is 0 Å². The van der Waals surface area contributed by atoms with Crippen molar-refractivity contribution >= 4 is 34.2 Å². The van der Waals surface area contributed by atoms with Gasteiger partial charge in [0, 0.05) is 5.02 Å². The highest BCUT2D eigenvalue weighted by atomic mass is 35.5. The Morgan fingerprint density at radius 1 is 1.38 bits per heavy atom. The Bertz CT molecular complexity index is 511. The Morgan fingerprint density at radius 3 is 2.75 bits per heavy atom. The second kappa shape index (κ2) is 4.55. The van der Waals surface area contributed by atoms with E-state index in [2.05, 4.69) is 4.98 Å². The Hall–Kier alpha value is -0.870. The van der Waals surface area contributed by atoms with E-state index >= 15 is 0 Å². The van der Waals surface area contributed by atoms with E-state index < -0.39 is 13.0 Å². The number of hydrogen-bond donors (Lipinski definition) is 0. The third-order valence-corrected chi connectivity index (χ3v) is 2.70. The van der Waals surface area contributed by atoms with Crippen molar-refractivity contribution in [1.82, 2.24) is 9.55 Å². The standard InChI is InChI=1S/C10H8Cl2F2N2/c11-4-10-15-7-3-6(12)1-2-8(7)16(10)5-9(13)14/h1-3,9H,4-5H2. The van der Waals surface area contributed by atoms with Crippen LogP contribution in [0.1, 0.15) is 5.82 Å². The van der Waals surface area contributed by atoms with Crippen LogP contribution in [-0.4, -0.2) is 16.0 Å². The van der Waals surface area contributed by atoms with Crippen molar-refractivity contribution in [2.24, 2.45) is 0 Å². The molecule has 0 atom stereocenters. The Morgan fingerprint density at radius 2 is 2.12 bits per heavy atom. The lowest BCUT2D eigenvalue weighted by Crippen LogP contribution is -2.09. The fourth-order valence-electron chi connectivity index (χ4n) is 1.60. The fourth-order valence-corrected chi connectivity index (χ4v) is 1.97. The molecule has 86 valence electrons. The van der Waals surface area contributed by atoms with Gasteiger partial charge in [0.05, 0.1) is 23.5 Å². The number of imidazole rings is 1. The van der Waals surface area contributed by atoms with Crippen LogP contribution in [0.25, 0.3) is 11.0 Å². The van der Waals surface area contributed by atoms with Gasteiger partial charge in [-0.3, -0.25) is 0 Å². The lowest BCUT2D eigenvalue weighted by atomic mass is 10.3. The molecule has 6 heteroatoms. The predicted octanol–water partition coefficient (Wildman–Crippen LogP) is 3.69. The van der Waals surface area contributed by atoms with Crippen LogP contribution in [0.3, 0.4) is 0 Å². The molecule has 0 N–H and O–H groups in total.